The predicted molar refractivity (Wildman–Crippen MR) is 71.8 cm³/mol. The second-order valence-electron chi connectivity index (χ2n) is 5.24. The molecule has 2 rings (SSSR count). The Morgan fingerprint density at radius 3 is 2.90 bits per heavy atom. The number of benzene rings is 1. The molecule has 1 N–H and O–H groups in total. The number of carboxylic acid groups (broad SMARTS) is 1. The van der Waals surface area contributed by atoms with Crippen LogP contribution in [0.5, 0.6) is 0 Å². The van der Waals surface area contributed by atoms with E-state index in [0.29, 0.717) is 13.0 Å². The van der Waals surface area contributed by atoms with Gasteiger partial charge in [0.2, 0.25) is 5.91 Å². The van der Waals surface area contributed by atoms with E-state index in [9.17, 15) is 14.0 Å². The molecule has 0 radical (unpaired) electrons. The maximum Gasteiger partial charge on any atom is 0.326 e. The van der Waals surface area contributed by atoms with Gasteiger partial charge in [-0.3, -0.25) is 4.79 Å². The average Bonchev–Trinajstić information content (AvgIpc) is 2.88. The Morgan fingerprint density at radius 1 is 1.50 bits per heavy atom. The van der Waals surface area contributed by atoms with Gasteiger partial charge in [0.15, 0.2) is 0 Å². The summed E-state index contributed by atoms with van der Waals surface area (Å²) < 4.78 is 13.2. The topological polar surface area (TPSA) is 57.6 Å². The van der Waals surface area contributed by atoms with Gasteiger partial charge in [-0.25, -0.2) is 9.18 Å². The summed E-state index contributed by atoms with van der Waals surface area (Å²) in [7, 11) is 0. The molecule has 108 valence electrons. The van der Waals surface area contributed by atoms with Crippen LogP contribution >= 0.6 is 0 Å². The van der Waals surface area contributed by atoms with Crippen molar-refractivity contribution in [2.75, 3.05) is 6.54 Å². The summed E-state index contributed by atoms with van der Waals surface area (Å²) >= 11 is 0. The molecule has 2 atom stereocenters. The van der Waals surface area contributed by atoms with Crippen LogP contribution in [0.25, 0.3) is 0 Å². The number of likely N-dealkylation sites (tertiary alicyclic amines) is 1. The second kappa shape index (κ2) is 6.03. The Hall–Kier alpha value is -1.91. The quantitative estimate of drug-likeness (QED) is 0.920. The van der Waals surface area contributed by atoms with E-state index in [4.69, 9.17) is 5.11 Å². The van der Waals surface area contributed by atoms with Crippen molar-refractivity contribution < 1.29 is 19.1 Å². The van der Waals surface area contributed by atoms with Crippen molar-refractivity contribution in [3.63, 3.8) is 0 Å². The van der Waals surface area contributed by atoms with Crippen molar-refractivity contribution in [3.8, 4) is 0 Å². The first-order valence-electron chi connectivity index (χ1n) is 6.76. The summed E-state index contributed by atoms with van der Waals surface area (Å²) in [5.41, 5.74) is 0.754. The molecule has 1 saturated heterocycles. The van der Waals surface area contributed by atoms with Gasteiger partial charge in [-0.2, -0.15) is 0 Å². The maximum absolute atomic E-state index is 13.2. The van der Waals surface area contributed by atoms with Gasteiger partial charge < -0.3 is 10.0 Å². The number of hydrogen-bond acceptors (Lipinski definition) is 2. The van der Waals surface area contributed by atoms with Crippen molar-refractivity contribution in [3.05, 3.63) is 35.6 Å². The van der Waals surface area contributed by atoms with Gasteiger partial charge in [0.05, 0.1) is 0 Å². The molecule has 0 spiro atoms. The number of carboxylic acids is 1. The van der Waals surface area contributed by atoms with Gasteiger partial charge in [-0.05, 0) is 36.5 Å². The van der Waals surface area contributed by atoms with Crippen LogP contribution in [0.4, 0.5) is 4.39 Å². The zero-order valence-corrected chi connectivity index (χ0v) is 11.4. The summed E-state index contributed by atoms with van der Waals surface area (Å²) in [6.07, 6.45) is 1.43. The third kappa shape index (κ3) is 3.15. The molecule has 0 unspecified atom stereocenters. The minimum absolute atomic E-state index is 0.131. The molecule has 4 nitrogen and oxygen atoms in total. The monoisotopic (exact) mass is 279 g/mol. The standard InChI is InChI=1S/C15H18FNO3/c1-10(11-4-2-5-12(16)9-11)8-14(18)17-7-3-6-13(17)15(19)20/h2,4-5,9-10,13H,3,6-8H2,1H3,(H,19,20)/t10-,13+/m1/s1. The van der Waals surface area contributed by atoms with Crippen molar-refractivity contribution in [2.24, 2.45) is 0 Å². The van der Waals surface area contributed by atoms with Crippen LogP contribution in [0.1, 0.15) is 37.7 Å². The Bertz CT molecular complexity index is 518. The molecular weight excluding hydrogens is 261 g/mol. The lowest BCUT2D eigenvalue weighted by Gasteiger charge is -2.23. The number of carbonyl (C=O) groups excluding carboxylic acids is 1. The van der Waals surface area contributed by atoms with Crippen LogP contribution in [0, 0.1) is 5.82 Å². The van der Waals surface area contributed by atoms with Crippen LogP contribution in [-0.2, 0) is 9.59 Å². The fourth-order valence-electron chi connectivity index (χ4n) is 2.63. The zero-order valence-electron chi connectivity index (χ0n) is 11.4. The highest BCUT2D eigenvalue weighted by molar-refractivity contribution is 5.84. The predicted octanol–water partition coefficient (Wildman–Crippen LogP) is 2.39. The Kier molecular flexibility index (Phi) is 4.37. The van der Waals surface area contributed by atoms with E-state index in [1.165, 1.54) is 17.0 Å². The molecule has 5 heteroatoms. The van der Waals surface area contributed by atoms with Crippen LogP contribution in [0.2, 0.25) is 0 Å². The van der Waals surface area contributed by atoms with Gasteiger partial charge in [-0.15, -0.1) is 0 Å². The maximum atomic E-state index is 13.2. The largest absolute Gasteiger partial charge is 0.480 e. The van der Waals surface area contributed by atoms with Crippen molar-refractivity contribution in [2.45, 2.75) is 38.1 Å². The number of aliphatic carboxylic acids is 1. The van der Waals surface area contributed by atoms with E-state index >= 15 is 0 Å². The summed E-state index contributed by atoms with van der Waals surface area (Å²) in [6, 6.07) is 5.46. The van der Waals surface area contributed by atoms with Gasteiger partial charge in [0.1, 0.15) is 11.9 Å². The lowest BCUT2D eigenvalue weighted by molar-refractivity contribution is -0.148. The molecule has 1 aliphatic heterocycles. The molecule has 1 fully saturated rings. The molecule has 1 aromatic rings. The van der Waals surface area contributed by atoms with Crippen molar-refractivity contribution >= 4 is 11.9 Å². The van der Waals surface area contributed by atoms with E-state index in [0.717, 1.165) is 12.0 Å². The SMILES string of the molecule is C[C@H](CC(=O)N1CCC[C@H]1C(=O)O)c1cccc(F)c1. The number of nitrogens with zero attached hydrogens (tertiary/aromatic N) is 1. The molecule has 20 heavy (non-hydrogen) atoms. The fourth-order valence-corrected chi connectivity index (χ4v) is 2.63. The summed E-state index contributed by atoms with van der Waals surface area (Å²) in [6.45, 7) is 2.34. The molecule has 1 aliphatic rings. The fraction of sp³-hybridized carbons (Fsp3) is 0.467. The zero-order chi connectivity index (χ0) is 14.7. The molecule has 1 aromatic carbocycles. The third-order valence-corrected chi connectivity index (χ3v) is 3.76. The van der Waals surface area contributed by atoms with Crippen LogP contribution in [0.3, 0.4) is 0 Å². The first-order chi connectivity index (χ1) is 9.49. The lowest BCUT2D eigenvalue weighted by atomic mass is 9.97. The smallest absolute Gasteiger partial charge is 0.326 e. The van der Waals surface area contributed by atoms with Crippen LogP contribution < -0.4 is 0 Å². The lowest BCUT2D eigenvalue weighted by Crippen LogP contribution is -2.40. The summed E-state index contributed by atoms with van der Waals surface area (Å²) in [5.74, 6) is -1.58. The molecule has 1 heterocycles. The number of carbonyl (C=O) groups is 2. The molecular formula is C15H18FNO3. The van der Waals surface area contributed by atoms with Gasteiger partial charge in [0.25, 0.3) is 0 Å². The molecule has 0 aliphatic carbocycles. The summed E-state index contributed by atoms with van der Waals surface area (Å²) in [5, 5.41) is 9.08. The third-order valence-electron chi connectivity index (χ3n) is 3.76. The second-order valence-corrected chi connectivity index (χ2v) is 5.24. The van der Waals surface area contributed by atoms with E-state index in [2.05, 4.69) is 0 Å². The first kappa shape index (κ1) is 14.5. The minimum Gasteiger partial charge on any atom is -0.480 e. The highest BCUT2D eigenvalue weighted by atomic mass is 19.1. The van der Waals surface area contributed by atoms with Crippen molar-refractivity contribution in [1.29, 1.82) is 0 Å². The van der Waals surface area contributed by atoms with Gasteiger partial charge in [0, 0.05) is 13.0 Å². The Labute approximate surface area is 117 Å². The molecule has 0 saturated carbocycles. The Balaban J connectivity index is 2.02. The van der Waals surface area contributed by atoms with E-state index in [1.54, 1.807) is 12.1 Å². The molecule has 1 amide bonds. The highest BCUT2D eigenvalue weighted by Crippen LogP contribution is 2.24. The number of amides is 1. The highest BCUT2D eigenvalue weighted by Gasteiger charge is 2.34. The van der Waals surface area contributed by atoms with Gasteiger partial charge in [-0.1, -0.05) is 19.1 Å². The molecule has 0 aromatic heterocycles. The van der Waals surface area contributed by atoms with Crippen molar-refractivity contribution in [1.82, 2.24) is 4.90 Å². The van der Waals surface area contributed by atoms with E-state index in [-0.39, 0.29) is 24.1 Å². The number of halogens is 1. The molecule has 0 bridgehead atoms. The van der Waals surface area contributed by atoms with Gasteiger partial charge >= 0.3 is 5.97 Å². The van der Waals surface area contributed by atoms with E-state index < -0.39 is 12.0 Å². The van der Waals surface area contributed by atoms with Crippen LogP contribution in [-0.4, -0.2) is 34.5 Å². The first-order valence-corrected chi connectivity index (χ1v) is 6.76. The number of hydrogen-bond donors (Lipinski definition) is 1. The van der Waals surface area contributed by atoms with Crippen LogP contribution in [0.15, 0.2) is 24.3 Å². The normalized spacial score (nSPS) is 19.9. The summed E-state index contributed by atoms with van der Waals surface area (Å²) in [4.78, 5) is 24.7. The minimum atomic E-state index is -0.950. The average molecular weight is 279 g/mol. The Morgan fingerprint density at radius 2 is 2.25 bits per heavy atom. The number of rotatable bonds is 4. The van der Waals surface area contributed by atoms with E-state index in [1.807, 2.05) is 6.92 Å².